The molecule has 2 aromatic carbocycles. The van der Waals surface area contributed by atoms with Crippen molar-refractivity contribution >= 4 is 18.1 Å². The minimum atomic E-state index is -0.499. The Morgan fingerprint density at radius 2 is 1.53 bits per heavy atom. The molecule has 36 heavy (non-hydrogen) atoms. The van der Waals surface area contributed by atoms with E-state index >= 15 is 0 Å². The number of hydrogen-bond donors (Lipinski definition) is 1. The summed E-state index contributed by atoms with van der Waals surface area (Å²) in [7, 11) is 1.50. The van der Waals surface area contributed by atoms with E-state index in [2.05, 4.69) is 17.5 Å². The Balaban J connectivity index is 1.75. The fourth-order valence-corrected chi connectivity index (χ4v) is 3.69. The van der Waals surface area contributed by atoms with Crippen molar-refractivity contribution in [1.29, 1.82) is 0 Å². The summed E-state index contributed by atoms with van der Waals surface area (Å²) >= 11 is 0. The van der Waals surface area contributed by atoms with Gasteiger partial charge in [0.25, 0.3) is 0 Å². The first-order valence-electron chi connectivity index (χ1n) is 13.0. The highest BCUT2D eigenvalue weighted by atomic mass is 16.6. The zero-order chi connectivity index (χ0) is 26.0. The van der Waals surface area contributed by atoms with Crippen LogP contribution in [0.3, 0.4) is 0 Å². The van der Waals surface area contributed by atoms with Crippen molar-refractivity contribution < 1.29 is 23.8 Å². The van der Waals surface area contributed by atoms with E-state index < -0.39 is 5.97 Å². The lowest BCUT2D eigenvalue weighted by molar-refractivity contribution is -0.121. The summed E-state index contributed by atoms with van der Waals surface area (Å²) in [4.78, 5) is 24.5. The predicted molar refractivity (Wildman–Crippen MR) is 143 cm³/mol. The molecular formula is C29H40N2O5. The van der Waals surface area contributed by atoms with E-state index in [-0.39, 0.29) is 5.91 Å². The van der Waals surface area contributed by atoms with Gasteiger partial charge in [-0.2, -0.15) is 5.10 Å². The third kappa shape index (κ3) is 10.9. The van der Waals surface area contributed by atoms with Gasteiger partial charge in [-0.3, -0.25) is 4.79 Å². The maximum absolute atomic E-state index is 12.5. The lowest BCUT2D eigenvalue weighted by Crippen LogP contribution is -2.16. The van der Waals surface area contributed by atoms with Gasteiger partial charge in [0.05, 0.1) is 25.5 Å². The van der Waals surface area contributed by atoms with E-state index in [0.717, 1.165) is 12.8 Å². The fraction of sp³-hybridized carbons (Fsp3) is 0.483. The van der Waals surface area contributed by atoms with Crippen LogP contribution in [0.1, 0.15) is 94.0 Å². The Morgan fingerprint density at radius 3 is 2.17 bits per heavy atom. The molecular weight excluding hydrogens is 456 g/mol. The van der Waals surface area contributed by atoms with Crippen LogP contribution < -0.4 is 19.6 Å². The number of rotatable bonds is 17. The second kappa shape index (κ2) is 17.1. The van der Waals surface area contributed by atoms with Gasteiger partial charge >= 0.3 is 5.97 Å². The normalized spacial score (nSPS) is 10.9. The van der Waals surface area contributed by atoms with E-state index in [4.69, 9.17) is 14.2 Å². The molecule has 0 aromatic heterocycles. The van der Waals surface area contributed by atoms with Gasteiger partial charge in [0.15, 0.2) is 11.5 Å². The largest absolute Gasteiger partial charge is 0.494 e. The molecule has 7 heteroatoms. The van der Waals surface area contributed by atoms with E-state index in [1.165, 1.54) is 58.3 Å². The number of carbonyl (C=O) groups is 2. The van der Waals surface area contributed by atoms with Crippen molar-refractivity contribution in [3.05, 3.63) is 53.6 Å². The molecule has 1 N–H and O–H groups in total. The smallest absolute Gasteiger partial charge is 0.343 e. The molecule has 0 saturated heterocycles. The van der Waals surface area contributed by atoms with Gasteiger partial charge < -0.3 is 14.2 Å². The first kappa shape index (κ1) is 28.9. The summed E-state index contributed by atoms with van der Waals surface area (Å²) in [6, 6.07) is 11.8. The predicted octanol–water partition coefficient (Wildman–Crippen LogP) is 6.68. The number of ether oxygens (including phenoxy) is 3. The molecule has 2 aromatic rings. The second-order valence-corrected chi connectivity index (χ2v) is 8.63. The fourth-order valence-electron chi connectivity index (χ4n) is 3.69. The minimum absolute atomic E-state index is 0.0953. The Bertz CT molecular complexity index is 957. The van der Waals surface area contributed by atoms with Crippen molar-refractivity contribution in [3.8, 4) is 17.2 Å². The van der Waals surface area contributed by atoms with Crippen molar-refractivity contribution in [3.63, 3.8) is 0 Å². The van der Waals surface area contributed by atoms with E-state index in [9.17, 15) is 9.59 Å². The maximum atomic E-state index is 12.5. The molecule has 0 spiro atoms. The first-order valence-corrected chi connectivity index (χ1v) is 13.0. The van der Waals surface area contributed by atoms with E-state index in [0.29, 0.717) is 41.4 Å². The van der Waals surface area contributed by atoms with Crippen LogP contribution >= 0.6 is 0 Å². The quantitative estimate of drug-likeness (QED) is 0.0867. The van der Waals surface area contributed by atoms with Crippen LogP contribution in [-0.4, -0.2) is 31.8 Å². The molecule has 0 unspecified atom stereocenters. The summed E-state index contributed by atoms with van der Waals surface area (Å²) in [6.45, 7) is 4.68. The molecule has 2 rings (SSSR count). The van der Waals surface area contributed by atoms with Gasteiger partial charge in [-0.1, -0.05) is 58.3 Å². The van der Waals surface area contributed by atoms with Gasteiger partial charge in [-0.15, -0.1) is 0 Å². The number of nitrogens with one attached hydrogen (secondary N) is 1. The molecule has 0 aliphatic rings. The molecule has 1 amide bonds. The first-order chi connectivity index (χ1) is 17.6. The van der Waals surface area contributed by atoms with Crippen LogP contribution in [0.15, 0.2) is 47.6 Å². The third-order valence-corrected chi connectivity index (χ3v) is 5.70. The van der Waals surface area contributed by atoms with Gasteiger partial charge in [-0.05, 0) is 61.4 Å². The van der Waals surface area contributed by atoms with E-state index in [1.807, 2.05) is 6.92 Å². The number of methoxy groups -OCH3 is 1. The molecule has 0 atom stereocenters. The zero-order valence-corrected chi connectivity index (χ0v) is 21.9. The van der Waals surface area contributed by atoms with Crippen molar-refractivity contribution in [2.24, 2.45) is 5.10 Å². The number of hydrogen-bond acceptors (Lipinski definition) is 6. The minimum Gasteiger partial charge on any atom is -0.494 e. The number of benzene rings is 2. The molecule has 0 bridgehead atoms. The van der Waals surface area contributed by atoms with Gasteiger partial charge in [0, 0.05) is 6.42 Å². The van der Waals surface area contributed by atoms with E-state index in [1.54, 1.807) is 42.5 Å². The molecule has 0 aliphatic carbocycles. The Morgan fingerprint density at radius 1 is 0.861 bits per heavy atom. The number of esters is 1. The van der Waals surface area contributed by atoms with Gasteiger partial charge in [0.2, 0.25) is 5.91 Å². The van der Waals surface area contributed by atoms with Crippen molar-refractivity contribution in [2.45, 2.75) is 78.1 Å². The summed E-state index contributed by atoms with van der Waals surface area (Å²) in [5.74, 6) is 0.779. The van der Waals surface area contributed by atoms with Gasteiger partial charge in [-0.25, -0.2) is 10.2 Å². The lowest BCUT2D eigenvalue weighted by Gasteiger charge is -2.10. The highest BCUT2D eigenvalue weighted by molar-refractivity contribution is 5.91. The molecule has 7 nitrogen and oxygen atoms in total. The van der Waals surface area contributed by atoms with Crippen LogP contribution in [0.2, 0.25) is 0 Å². The average molecular weight is 497 g/mol. The maximum Gasteiger partial charge on any atom is 0.343 e. The summed E-state index contributed by atoms with van der Waals surface area (Å²) in [6.07, 6.45) is 12.9. The Labute approximate surface area is 215 Å². The topological polar surface area (TPSA) is 86.2 Å². The summed E-state index contributed by atoms with van der Waals surface area (Å²) in [5, 5.41) is 4.04. The molecule has 0 fully saturated rings. The van der Waals surface area contributed by atoms with Crippen LogP contribution in [0.5, 0.6) is 17.2 Å². The van der Waals surface area contributed by atoms with Gasteiger partial charge in [0.1, 0.15) is 5.75 Å². The molecule has 0 heterocycles. The molecule has 0 aliphatic heterocycles. The van der Waals surface area contributed by atoms with Crippen LogP contribution in [-0.2, 0) is 4.79 Å². The SMILES string of the molecule is CCCCCCCCCCCC(=O)N/N=C/c1ccc(OC(=O)c2ccc(OCC)cc2)c(OC)c1. The number of hydrazone groups is 1. The summed E-state index contributed by atoms with van der Waals surface area (Å²) in [5.41, 5.74) is 3.68. The Hall–Kier alpha value is -3.35. The lowest BCUT2D eigenvalue weighted by atomic mass is 10.1. The van der Waals surface area contributed by atoms with Crippen LogP contribution in [0, 0.1) is 0 Å². The van der Waals surface area contributed by atoms with Crippen molar-refractivity contribution in [1.82, 2.24) is 5.43 Å². The number of unbranched alkanes of at least 4 members (excludes halogenated alkanes) is 8. The second-order valence-electron chi connectivity index (χ2n) is 8.63. The zero-order valence-electron chi connectivity index (χ0n) is 21.9. The standard InChI is InChI=1S/C29H40N2O5/c1-4-6-7-8-9-10-11-12-13-14-28(32)31-30-22-23-15-20-26(27(21-23)34-3)36-29(33)24-16-18-25(19-17-24)35-5-2/h15-22H,4-14H2,1-3H3,(H,31,32)/b30-22+. The highest BCUT2D eigenvalue weighted by Crippen LogP contribution is 2.28. The van der Waals surface area contributed by atoms with Crippen LogP contribution in [0.4, 0.5) is 0 Å². The average Bonchev–Trinajstić information content (AvgIpc) is 2.89. The Kier molecular flexibility index (Phi) is 13.8. The number of amides is 1. The third-order valence-electron chi connectivity index (χ3n) is 5.70. The monoisotopic (exact) mass is 496 g/mol. The number of nitrogens with zero attached hydrogens (tertiary/aromatic N) is 1. The summed E-state index contributed by atoms with van der Waals surface area (Å²) < 4.78 is 16.3. The number of carbonyl (C=O) groups excluding carboxylic acids is 2. The highest BCUT2D eigenvalue weighted by Gasteiger charge is 2.13. The molecule has 0 radical (unpaired) electrons. The van der Waals surface area contributed by atoms with Crippen LogP contribution in [0.25, 0.3) is 0 Å². The molecule has 196 valence electrons. The van der Waals surface area contributed by atoms with Crippen molar-refractivity contribution in [2.75, 3.05) is 13.7 Å². The molecule has 0 saturated carbocycles.